The van der Waals surface area contributed by atoms with Crippen molar-refractivity contribution >= 4 is 11.9 Å². The van der Waals surface area contributed by atoms with Gasteiger partial charge in [-0.25, -0.2) is 0 Å². The summed E-state index contributed by atoms with van der Waals surface area (Å²) in [6.45, 7) is 1.11. The third-order valence-electron chi connectivity index (χ3n) is 2.98. The molecule has 5 heteroatoms. The molecule has 1 rings (SSSR count). The maximum absolute atomic E-state index is 11.5. The molecule has 0 aliphatic heterocycles. The molecule has 1 aromatic rings. The van der Waals surface area contributed by atoms with Gasteiger partial charge in [0.2, 0.25) is 5.91 Å². The zero-order valence-corrected chi connectivity index (χ0v) is 12.2. The smallest absolute Gasteiger partial charge is 0.303 e. The molecule has 0 radical (unpaired) electrons. The lowest BCUT2D eigenvalue weighted by Crippen LogP contribution is -2.28. The Morgan fingerprint density at radius 2 is 1.76 bits per heavy atom. The van der Waals surface area contributed by atoms with E-state index in [0.29, 0.717) is 19.6 Å². The number of carboxylic acid groups (broad SMARTS) is 1. The molecule has 0 atom stereocenters. The number of hydrogen-bond donors (Lipinski definition) is 2. The Balaban J connectivity index is 1.93. The molecule has 1 aromatic carbocycles. The summed E-state index contributed by atoms with van der Waals surface area (Å²) in [5.74, 6) is -0.865. The first kappa shape index (κ1) is 17.2. The van der Waals surface area contributed by atoms with Crippen LogP contribution >= 0.6 is 0 Å². The van der Waals surface area contributed by atoms with Gasteiger partial charge in [0, 0.05) is 13.0 Å². The van der Waals surface area contributed by atoms with Crippen molar-refractivity contribution < 1.29 is 19.4 Å². The molecule has 1 amide bonds. The normalized spacial score (nSPS) is 10.3. The Kier molecular flexibility index (Phi) is 8.88. The second-order valence-electron chi connectivity index (χ2n) is 4.89. The minimum atomic E-state index is -0.751. The van der Waals surface area contributed by atoms with Crippen LogP contribution in [0.1, 0.15) is 37.7 Å². The van der Waals surface area contributed by atoms with E-state index in [0.717, 1.165) is 24.8 Å². The SMILES string of the molecule is O=C(O)CCCCCCNC(=O)COCc1ccccc1. The number of rotatable bonds is 11. The molecular weight excluding hydrogens is 270 g/mol. The van der Waals surface area contributed by atoms with Crippen molar-refractivity contribution in [1.29, 1.82) is 0 Å². The fourth-order valence-electron chi connectivity index (χ4n) is 1.87. The van der Waals surface area contributed by atoms with Gasteiger partial charge in [-0.3, -0.25) is 9.59 Å². The summed E-state index contributed by atoms with van der Waals surface area (Å²) in [6, 6.07) is 9.71. The van der Waals surface area contributed by atoms with E-state index in [1.54, 1.807) is 0 Å². The van der Waals surface area contributed by atoms with Gasteiger partial charge in [-0.15, -0.1) is 0 Å². The average molecular weight is 293 g/mol. The largest absolute Gasteiger partial charge is 0.481 e. The molecule has 5 nitrogen and oxygen atoms in total. The van der Waals surface area contributed by atoms with Crippen LogP contribution in [0, 0.1) is 0 Å². The summed E-state index contributed by atoms with van der Waals surface area (Å²) < 4.78 is 5.33. The minimum Gasteiger partial charge on any atom is -0.481 e. The van der Waals surface area contributed by atoms with E-state index < -0.39 is 5.97 Å². The number of hydrogen-bond acceptors (Lipinski definition) is 3. The van der Waals surface area contributed by atoms with Crippen molar-refractivity contribution in [3.05, 3.63) is 35.9 Å². The fraction of sp³-hybridized carbons (Fsp3) is 0.500. The summed E-state index contributed by atoms with van der Waals surface area (Å²) in [7, 11) is 0. The molecule has 0 fully saturated rings. The standard InChI is InChI=1S/C16H23NO4/c18-15(13-21-12-14-8-4-3-5-9-14)17-11-7-2-1-6-10-16(19)20/h3-5,8-9H,1-2,6-7,10-13H2,(H,17,18)(H,19,20). The fourth-order valence-corrected chi connectivity index (χ4v) is 1.87. The number of carboxylic acids is 1. The Morgan fingerprint density at radius 1 is 1.05 bits per heavy atom. The van der Waals surface area contributed by atoms with Gasteiger partial charge in [0.15, 0.2) is 0 Å². The zero-order valence-electron chi connectivity index (χ0n) is 12.2. The Labute approximate surface area is 125 Å². The molecule has 0 aliphatic rings. The number of aliphatic carboxylic acids is 1. The first-order valence-electron chi connectivity index (χ1n) is 7.28. The summed E-state index contributed by atoms with van der Waals surface area (Å²) in [6.07, 6.45) is 3.60. The summed E-state index contributed by atoms with van der Waals surface area (Å²) in [5.41, 5.74) is 1.05. The van der Waals surface area contributed by atoms with E-state index in [4.69, 9.17) is 9.84 Å². The number of ether oxygens (including phenoxy) is 1. The van der Waals surface area contributed by atoms with E-state index in [9.17, 15) is 9.59 Å². The van der Waals surface area contributed by atoms with Gasteiger partial charge in [-0.2, -0.15) is 0 Å². The molecule has 0 saturated carbocycles. The molecule has 21 heavy (non-hydrogen) atoms. The van der Waals surface area contributed by atoms with Gasteiger partial charge < -0.3 is 15.2 Å². The van der Waals surface area contributed by atoms with Crippen LogP contribution in [0.3, 0.4) is 0 Å². The van der Waals surface area contributed by atoms with Gasteiger partial charge in [0.05, 0.1) is 6.61 Å². The van der Waals surface area contributed by atoms with Crippen LogP contribution in [-0.2, 0) is 20.9 Å². The second kappa shape index (κ2) is 10.9. The van der Waals surface area contributed by atoms with Gasteiger partial charge in [0.25, 0.3) is 0 Å². The van der Waals surface area contributed by atoms with Crippen LogP contribution in [0.15, 0.2) is 30.3 Å². The van der Waals surface area contributed by atoms with Gasteiger partial charge in [-0.05, 0) is 18.4 Å². The molecular formula is C16H23NO4. The van der Waals surface area contributed by atoms with E-state index in [2.05, 4.69) is 5.32 Å². The third kappa shape index (κ3) is 9.62. The first-order valence-corrected chi connectivity index (χ1v) is 7.28. The second-order valence-corrected chi connectivity index (χ2v) is 4.89. The van der Waals surface area contributed by atoms with Crippen LogP contribution in [0.2, 0.25) is 0 Å². The number of unbranched alkanes of at least 4 members (excludes halogenated alkanes) is 3. The van der Waals surface area contributed by atoms with Crippen molar-refractivity contribution in [2.75, 3.05) is 13.2 Å². The number of carbonyl (C=O) groups is 2. The first-order chi connectivity index (χ1) is 10.2. The van der Waals surface area contributed by atoms with Crippen LogP contribution in [0.4, 0.5) is 0 Å². The topological polar surface area (TPSA) is 75.6 Å². The molecule has 0 heterocycles. The lowest BCUT2D eigenvalue weighted by Gasteiger charge is -2.06. The number of carbonyl (C=O) groups excluding carboxylic acids is 1. The number of nitrogens with one attached hydrogen (secondary N) is 1. The molecule has 0 spiro atoms. The van der Waals surface area contributed by atoms with Crippen molar-refractivity contribution in [2.45, 2.75) is 38.7 Å². The highest BCUT2D eigenvalue weighted by Gasteiger charge is 2.01. The van der Waals surface area contributed by atoms with E-state index in [1.165, 1.54) is 0 Å². The van der Waals surface area contributed by atoms with Crippen molar-refractivity contribution in [2.24, 2.45) is 0 Å². The highest BCUT2D eigenvalue weighted by Crippen LogP contribution is 2.02. The molecule has 0 bridgehead atoms. The predicted molar refractivity (Wildman–Crippen MR) is 79.8 cm³/mol. The van der Waals surface area contributed by atoms with Crippen LogP contribution in [0.25, 0.3) is 0 Å². The molecule has 0 aromatic heterocycles. The van der Waals surface area contributed by atoms with Crippen LogP contribution in [0.5, 0.6) is 0 Å². The molecule has 0 aliphatic carbocycles. The highest BCUT2D eigenvalue weighted by atomic mass is 16.5. The molecule has 2 N–H and O–H groups in total. The highest BCUT2D eigenvalue weighted by molar-refractivity contribution is 5.77. The minimum absolute atomic E-state index is 0.0634. The third-order valence-corrected chi connectivity index (χ3v) is 2.98. The van der Waals surface area contributed by atoms with Crippen LogP contribution in [-0.4, -0.2) is 30.1 Å². The van der Waals surface area contributed by atoms with E-state index in [1.807, 2.05) is 30.3 Å². The lowest BCUT2D eigenvalue weighted by atomic mass is 10.1. The predicted octanol–water partition coefficient (Wildman–Crippen LogP) is 2.35. The Bertz CT molecular complexity index is 420. The van der Waals surface area contributed by atoms with Crippen LogP contribution < -0.4 is 5.32 Å². The maximum atomic E-state index is 11.5. The molecule has 0 unspecified atom stereocenters. The molecule has 116 valence electrons. The molecule has 0 saturated heterocycles. The maximum Gasteiger partial charge on any atom is 0.303 e. The summed E-state index contributed by atoms with van der Waals surface area (Å²) in [4.78, 5) is 21.8. The summed E-state index contributed by atoms with van der Waals surface area (Å²) >= 11 is 0. The number of benzene rings is 1. The van der Waals surface area contributed by atoms with Crippen molar-refractivity contribution in [3.8, 4) is 0 Å². The lowest BCUT2D eigenvalue weighted by molar-refractivity contribution is -0.137. The monoisotopic (exact) mass is 293 g/mol. The van der Waals surface area contributed by atoms with Crippen molar-refractivity contribution in [3.63, 3.8) is 0 Å². The van der Waals surface area contributed by atoms with Gasteiger partial charge in [0.1, 0.15) is 6.61 Å². The average Bonchev–Trinajstić information content (AvgIpc) is 2.47. The van der Waals surface area contributed by atoms with E-state index >= 15 is 0 Å². The van der Waals surface area contributed by atoms with Gasteiger partial charge in [-0.1, -0.05) is 43.2 Å². The number of amides is 1. The van der Waals surface area contributed by atoms with E-state index in [-0.39, 0.29) is 18.9 Å². The Hall–Kier alpha value is -1.88. The van der Waals surface area contributed by atoms with Crippen molar-refractivity contribution in [1.82, 2.24) is 5.32 Å². The Morgan fingerprint density at radius 3 is 2.48 bits per heavy atom. The zero-order chi connectivity index (χ0) is 15.3. The summed E-state index contributed by atoms with van der Waals surface area (Å²) in [5, 5.41) is 11.3. The quantitative estimate of drug-likeness (QED) is 0.614. The van der Waals surface area contributed by atoms with Gasteiger partial charge >= 0.3 is 5.97 Å².